The Morgan fingerprint density at radius 3 is 2.48 bits per heavy atom. The zero-order valence-electron chi connectivity index (χ0n) is 12.3. The van der Waals surface area contributed by atoms with E-state index in [1.54, 1.807) is 6.07 Å². The topological polar surface area (TPSA) is 35.8 Å². The number of anilines is 1. The van der Waals surface area contributed by atoms with Crippen molar-refractivity contribution in [2.75, 3.05) is 11.9 Å². The molecular formula is C18H19FN2. The lowest BCUT2D eigenvalue weighted by Gasteiger charge is -2.22. The van der Waals surface area contributed by atoms with Crippen molar-refractivity contribution >= 4 is 5.69 Å². The van der Waals surface area contributed by atoms with Gasteiger partial charge in [0.25, 0.3) is 0 Å². The number of halogens is 1. The minimum Gasteiger partial charge on any atom is -0.383 e. The van der Waals surface area contributed by atoms with Gasteiger partial charge in [0.2, 0.25) is 0 Å². The van der Waals surface area contributed by atoms with E-state index < -0.39 is 0 Å². The summed E-state index contributed by atoms with van der Waals surface area (Å²) in [6.07, 6.45) is 0. The van der Waals surface area contributed by atoms with E-state index >= 15 is 0 Å². The third kappa shape index (κ3) is 3.82. The molecule has 0 saturated heterocycles. The third-order valence-electron chi connectivity index (χ3n) is 3.65. The molecule has 1 N–H and O–H groups in total. The highest BCUT2D eigenvalue weighted by molar-refractivity contribution is 5.57. The summed E-state index contributed by atoms with van der Waals surface area (Å²) in [5.74, 6) is 0.411. The summed E-state index contributed by atoms with van der Waals surface area (Å²) in [6, 6.07) is 16.6. The summed E-state index contributed by atoms with van der Waals surface area (Å²) in [4.78, 5) is 0. The molecule has 0 aliphatic rings. The van der Waals surface area contributed by atoms with Crippen LogP contribution in [0, 0.1) is 23.1 Å². The normalized spacial score (nSPS) is 12.0. The van der Waals surface area contributed by atoms with E-state index in [9.17, 15) is 4.39 Å². The second-order valence-corrected chi connectivity index (χ2v) is 5.44. The van der Waals surface area contributed by atoms with E-state index in [1.807, 2.05) is 24.3 Å². The molecule has 1 atom stereocenters. The van der Waals surface area contributed by atoms with E-state index in [2.05, 4.69) is 31.3 Å². The van der Waals surface area contributed by atoms with Gasteiger partial charge in [0, 0.05) is 12.5 Å². The average Bonchev–Trinajstić information content (AvgIpc) is 2.49. The van der Waals surface area contributed by atoms with Crippen molar-refractivity contribution < 1.29 is 4.39 Å². The van der Waals surface area contributed by atoms with Gasteiger partial charge in [0.1, 0.15) is 11.9 Å². The maximum atomic E-state index is 13.1. The number of nitrogens with one attached hydrogen (secondary N) is 1. The summed E-state index contributed by atoms with van der Waals surface area (Å²) < 4.78 is 13.1. The van der Waals surface area contributed by atoms with Crippen molar-refractivity contribution in [3.05, 3.63) is 65.5 Å². The summed E-state index contributed by atoms with van der Waals surface area (Å²) >= 11 is 0. The Hall–Kier alpha value is -2.34. The number of rotatable bonds is 5. The van der Waals surface area contributed by atoms with Crippen LogP contribution in [0.5, 0.6) is 0 Å². The fraction of sp³-hybridized carbons (Fsp3) is 0.278. The SMILES string of the molecule is CC(C)C(CNc1ccc(F)cc1C#N)c1ccccc1. The minimum absolute atomic E-state index is 0.336. The maximum Gasteiger partial charge on any atom is 0.124 e. The smallest absolute Gasteiger partial charge is 0.124 e. The lowest BCUT2D eigenvalue weighted by molar-refractivity contribution is 0.517. The third-order valence-corrected chi connectivity index (χ3v) is 3.65. The lowest BCUT2D eigenvalue weighted by Crippen LogP contribution is -2.18. The first-order valence-corrected chi connectivity index (χ1v) is 7.10. The zero-order valence-corrected chi connectivity index (χ0v) is 12.3. The van der Waals surface area contributed by atoms with E-state index in [0.29, 0.717) is 29.6 Å². The van der Waals surface area contributed by atoms with Gasteiger partial charge in [-0.1, -0.05) is 44.2 Å². The first-order chi connectivity index (χ1) is 10.1. The summed E-state index contributed by atoms with van der Waals surface area (Å²) in [5, 5.41) is 12.4. The van der Waals surface area contributed by atoms with E-state index in [1.165, 1.54) is 17.7 Å². The van der Waals surface area contributed by atoms with Crippen LogP contribution < -0.4 is 5.32 Å². The molecule has 0 radical (unpaired) electrons. The van der Waals surface area contributed by atoms with Crippen LogP contribution in [0.1, 0.15) is 30.9 Å². The molecule has 0 spiro atoms. The molecule has 0 amide bonds. The standard InChI is InChI=1S/C18H19FN2/c1-13(2)17(14-6-4-3-5-7-14)12-21-18-9-8-16(19)10-15(18)11-20/h3-10,13,17,21H,12H2,1-2H3. The van der Waals surface area contributed by atoms with Gasteiger partial charge >= 0.3 is 0 Å². The first kappa shape index (κ1) is 15.1. The summed E-state index contributed by atoms with van der Waals surface area (Å²) in [7, 11) is 0. The van der Waals surface area contributed by atoms with Crippen molar-refractivity contribution in [1.29, 1.82) is 5.26 Å². The lowest BCUT2D eigenvalue weighted by atomic mass is 9.88. The molecule has 2 aromatic rings. The highest BCUT2D eigenvalue weighted by Gasteiger charge is 2.16. The fourth-order valence-corrected chi connectivity index (χ4v) is 2.42. The minimum atomic E-state index is -0.388. The van der Waals surface area contributed by atoms with Crippen LogP contribution in [0.25, 0.3) is 0 Å². The van der Waals surface area contributed by atoms with Gasteiger partial charge in [0.15, 0.2) is 0 Å². The molecule has 0 aliphatic heterocycles. The first-order valence-electron chi connectivity index (χ1n) is 7.10. The van der Waals surface area contributed by atoms with Crippen LogP contribution in [0.4, 0.5) is 10.1 Å². The molecule has 21 heavy (non-hydrogen) atoms. The second-order valence-electron chi connectivity index (χ2n) is 5.44. The molecule has 108 valence electrons. The average molecular weight is 282 g/mol. The van der Waals surface area contributed by atoms with Crippen LogP contribution in [0.2, 0.25) is 0 Å². The number of hydrogen-bond donors (Lipinski definition) is 1. The molecular weight excluding hydrogens is 263 g/mol. The molecule has 0 aromatic heterocycles. The predicted octanol–water partition coefficient (Wildman–Crippen LogP) is 4.55. The number of nitriles is 1. The van der Waals surface area contributed by atoms with E-state index in [-0.39, 0.29) is 5.82 Å². The Morgan fingerprint density at radius 2 is 1.86 bits per heavy atom. The van der Waals surface area contributed by atoms with Crippen molar-refractivity contribution in [1.82, 2.24) is 0 Å². The van der Waals surface area contributed by atoms with Gasteiger partial charge in [-0.2, -0.15) is 5.26 Å². The highest BCUT2D eigenvalue weighted by atomic mass is 19.1. The molecule has 1 unspecified atom stereocenters. The molecule has 0 saturated carbocycles. The molecule has 2 nitrogen and oxygen atoms in total. The maximum absolute atomic E-state index is 13.1. The Morgan fingerprint density at radius 1 is 1.14 bits per heavy atom. The zero-order chi connectivity index (χ0) is 15.2. The number of benzene rings is 2. The van der Waals surface area contributed by atoms with Gasteiger partial charge in [-0.05, 0) is 29.7 Å². The van der Waals surface area contributed by atoms with Crippen LogP contribution >= 0.6 is 0 Å². The second kappa shape index (κ2) is 6.90. The van der Waals surface area contributed by atoms with Gasteiger partial charge < -0.3 is 5.32 Å². The number of hydrogen-bond acceptors (Lipinski definition) is 2. The quantitative estimate of drug-likeness (QED) is 0.873. The Bertz CT molecular complexity index is 629. The Balaban J connectivity index is 2.15. The van der Waals surface area contributed by atoms with Crippen LogP contribution in [-0.4, -0.2) is 6.54 Å². The van der Waals surface area contributed by atoms with Crippen LogP contribution in [0.15, 0.2) is 48.5 Å². The van der Waals surface area contributed by atoms with Crippen molar-refractivity contribution in [2.45, 2.75) is 19.8 Å². The summed E-state index contributed by atoms with van der Waals surface area (Å²) in [6.45, 7) is 5.06. The number of nitrogens with zero attached hydrogens (tertiary/aromatic N) is 1. The van der Waals surface area contributed by atoms with Crippen LogP contribution in [0.3, 0.4) is 0 Å². The van der Waals surface area contributed by atoms with Gasteiger partial charge in [-0.3, -0.25) is 0 Å². The molecule has 3 heteroatoms. The molecule has 0 bridgehead atoms. The molecule has 0 heterocycles. The molecule has 0 aliphatic carbocycles. The summed E-state index contributed by atoms with van der Waals surface area (Å²) in [5.41, 5.74) is 2.28. The highest BCUT2D eigenvalue weighted by Crippen LogP contribution is 2.25. The van der Waals surface area contributed by atoms with Crippen LogP contribution in [-0.2, 0) is 0 Å². The molecule has 0 fully saturated rings. The Kier molecular flexibility index (Phi) is 4.94. The van der Waals surface area contributed by atoms with Gasteiger partial charge in [-0.25, -0.2) is 4.39 Å². The van der Waals surface area contributed by atoms with E-state index in [4.69, 9.17) is 5.26 Å². The molecule has 2 rings (SSSR count). The molecule has 2 aromatic carbocycles. The van der Waals surface area contributed by atoms with E-state index in [0.717, 1.165) is 0 Å². The fourth-order valence-electron chi connectivity index (χ4n) is 2.42. The van der Waals surface area contributed by atoms with Crippen molar-refractivity contribution in [2.24, 2.45) is 5.92 Å². The largest absolute Gasteiger partial charge is 0.383 e. The monoisotopic (exact) mass is 282 g/mol. The van der Waals surface area contributed by atoms with Crippen molar-refractivity contribution in [3.8, 4) is 6.07 Å². The van der Waals surface area contributed by atoms with Crippen molar-refractivity contribution in [3.63, 3.8) is 0 Å². The predicted molar refractivity (Wildman–Crippen MR) is 83.6 cm³/mol. The van der Waals surface area contributed by atoms with Gasteiger partial charge in [-0.15, -0.1) is 0 Å². The van der Waals surface area contributed by atoms with Gasteiger partial charge in [0.05, 0.1) is 11.3 Å². The Labute approximate surface area is 125 Å².